The number of carbonyl (C=O) groups is 1. The molecule has 1 aromatic heterocycles. The molecule has 0 aliphatic heterocycles. The van der Waals surface area contributed by atoms with E-state index in [1.54, 1.807) is 6.92 Å². The second-order valence-electron chi connectivity index (χ2n) is 6.77. The first kappa shape index (κ1) is 19.9. The molecule has 1 rings (SSSR count). The van der Waals surface area contributed by atoms with Crippen LogP contribution in [0.4, 0.5) is 0 Å². The standard InChI is InChI=1S/C21H35NO/c1-20(23)16-12-10-8-6-4-2-3-5-7-9-11-13-17-21-18-14-15-19-22-21/h14-15,18-19H,2-13,16-17H2,1H3. The van der Waals surface area contributed by atoms with Gasteiger partial charge in [-0.05, 0) is 38.3 Å². The molecule has 2 heteroatoms. The van der Waals surface area contributed by atoms with E-state index in [2.05, 4.69) is 17.1 Å². The molecular formula is C21H35NO. The summed E-state index contributed by atoms with van der Waals surface area (Å²) in [7, 11) is 0. The minimum absolute atomic E-state index is 0.338. The Kier molecular flexibility index (Phi) is 12.5. The van der Waals surface area contributed by atoms with Crippen molar-refractivity contribution in [2.75, 3.05) is 0 Å². The third-order valence-corrected chi connectivity index (χ3v) is 4.44. The van der Waals surface area contributed by atoms with Gasteiger partial charge in [-0.2, -0.15) is 0 Å². The number of hydrogen-bond acceptors (Lipinski definition) is 2. The Bertz CT molecular complexity index is 388. The average Bonchev–Trinajstić information content (AvgIpc) is 2.56. The minimum atomic E-state index is 0.338. The van der Waals surface area contributed by atoms with E-state index in [-0.39, 0.29) is 0 Å². The van der Waals surface area contributed by atoms with Gasteiger partial charge >= 0.3 is 0 Å². The van der Waals surface area contributed by atoms with E-state index >= 15 is 0 Å². The van der Waals surface area contributed by atoms with Gasteiger partial charge in [-0.25, -0.2) is 0 Å². The van der Waals surface area contributed by atoms with Crippen molar-refractivity contribution < 1.29 is 4.79 Å². The van der Waals surface area contributed by atoms with Crippen LogP contribution >= 0.6 is 0 Å². The summed E-state index contributed by atoms with van der Waals surface area (Å²) in [6.07, 6.45) is 19.7. The van der Waals surface area contributed by atoms with E-state index in [9.17, 15) is 4.79 Å². The van der Waals surface area contributed by atoms with E-state index in [0.29, 0.717) is 5.78 Å². The second-order valence-corrected chi connectivity index (χ2v) is 6.77. The fourth-order valence-electron chi connectivity index (χ4n) is 2.99. The second kappa shape index (κ2) is 14.4. The van der Waals surface area contributed by atoms with Crippen LogP contribution in [0, 0.1) is 0 Å². The number of aryl methyl sites for hydroxylation is 1. The fraction of sp³-hybridized carbons (Fsp3) is 0.714. The molecule has 0 saturated carbocycles. The zero-order valence-corrected chi connectivity index (χ0v) is 15.1. The zero-order valence-electron chi connectivity index (χ0n) is 15.1. The van der Waals surface area contributed by atoms with Crippen LogP contribution in [0.2, 0.25) is 0 Å². The van der Waals surface area contributed by atoms with E-state index < -0.39 is 0 Å². The quantitative estimate of drug-likeness (QED) is 0.356. The molecule has 0 atom stereocenters. The van der Waals surface area contributed by atoms with Crippen LogP contribution in [0.15, 0.2) is 24.4 Å². The van der Waals surface area contributed by atoms with Crippen LogP contribution in [0.5, 0.6) is 0 Å². The molecule has 0 aliphatic carbocycles. The van der Waals surface area contributed by atoms with Crippen molar-refractivity contribution in [2.24, 2.45) is 0 Å². The summed E-state index contributed by atoms with van der Waals surface area (Å²) in [5.74, 6) is 0.338. The lowest BCUT2D eigenvalue weighted by molar-refractivity contribution is -0.117. The van der Waals surface area contributed by atoms with Crippen molar-refractivity contribution >= 4 is 5.78 Å². The van der Waals surface area contributed by atoms with Gasteiger partial charge in [0.05, 0.1) is 0 Å². The minimum Gasteiger partial charge on any atom is -0.300 e. The van der Waals surface area contributed by atoms with Crippen LogP contribution in [-0.2, 0) is 11.2 Å². The van der Waals surface area contributed by atoms with Crippen molar-refractivity contribution in [3.63, 3.8) is 0 Å². The van der Waals surface area contributed by atoms with Crippen LogP contribution < -0.4 is 0 Å². The van der Waals surface area contributed by atoms with Gasteiger partial charge in [-0.1, -0.05) is 70.3 Å². The largest absolute Gasteiger partial charge is 0.300 e. The highest BCUT2D eigenvalue weighted by Crippen LogP contribution is 2.13. The lowest BCUT2D eigenvalue weighted by Gasteiger charge is -2.03. The first-order valence-electron chi connectivity index (χ1n) is 9.68. The van der Waals surface area contributed by atoms with Crippen molar-refractivity contribution in [1.29, 1.82) is 0 Å². The topological polar surface area (TPSA) is 30.0 Å². The lowest BCUT2D eigenvalue weighted by atomic mass is 10.0. The Morgan fingerprint density at radius 2 is 1.30 bits per heavy atom. The maximum Gasteiger partial charge on any atom is 0.129 e. The smallest absolute Gasteiger partial charge is 0.129 e. The Labute approximate surface area is 143 Å². The number of carbonyl (C=O) groups excluding carboxylic acids is 1. The van der Waals surface area contributed by atoms with Gasteiger partial charge < -0.3 is 4.79 Å². The summed E-state index contributed by atoms with van der Waals surface area (Å²) >= 11 is 0. The van der Waals surface area contributed by atoms with Crippen LogP contribution in [-0.4, -0.2) is 10.8 Å². The molecule has 2 nitrogen and oxygen atoms in total. The summed E-state index contributed by atoms with van der Waals surface area (Å²) in [4.78, 5) is 15.2. The van der Waals surface area contributed by atoms with Gasteiger partial charge in [0, 0.05) is 18.3 Å². The van der Waals surface area contributed by atoms with Crippen molar-refractivity contribution in [2.45, 2.75) is 96.8 Å². The molecule has 0 bridgehead atoms. The maximum absolute atomic E-state index is 10.8. The highest BCUT2D eigenvalue weighted by molar-refractivity contribution is 5.75. The highest BCUT2D eigenvalue weighted by Gasteiger charge is 1.96. The number of Topliss-reactive ketones (excluding diaryl/α,β-unsaturated/α-hetero) is 1. The van der Waals surface area contributed by atoms with E-state index in [1.807, 2.05) is 12.3 Å². The Hall–Kier alpha value is -1.18. The number of unbranched alkanes of at least 4 members (excludes halogenated alkanes) is 11. The summed E-state index contributed by atoms with van der Waals surface area (Å²) in [6.45, 7) is 1.69. The van der Waals surface area contributed by atoms with Crippen LogP contribution in [0.3, 0.4) is 0 Å². The van der Waals surface area contributed by atoms with Gasteiger partial charge in [0.25, 0.3) is 0 Å². The van der Waals surface area contributed by atoms with Gasteiger partial charge in [0.1, 0.15) is 5.78 Å². The number of hydrogen-bond donors (Lipinski definition) is 0. The van der Waals surface area contributed by atoms with Gasteiger partial charge in [-0.3, -0.25) is 4.98 Å². The molecule has 0 radical (unpaired) electrons. The molecule has 0 fully saturated rings. The van der Waals surface area contributed by atoms with E-state index in [1.165, 1.54) is 76.3 Å². The van der Waals surface area contributed by atoms with Crippen LogP contribution in [0.25, 0.3) is 0 Å². The molecule has 0 amide bonds. The number of pyridine rings is 1. The van der Waals surface area contributed by atoms with Crippen molar-refractivity contribution in [1.82, 2.24) is 4.98 Å². The fourth-order valence-corrected chi connectivity index (χ4v) is 2.99. The molecule has 0 spiro atoms. The Morgan fingerprint density at radius 1 is 0.783 bits per heavy atom. The van der Waals surface area contributed by atoms with E-state index in [4.69, 9.17) is 0 Å². The Balaban J connectivity index is 1.74. The van der Waals surface area contributed by atoms with Gasteiger partial charge in [0.2, 0.25) is 0 Å². The molecular weight excluding hydrogens is 282 g/mol. The number of ketones is 1. The molecule has 0 unspecified atom stereocenters. The highest BCUT2D eigenvalue weighted by atomic mass is 16.1. The van der Waals surface area contributed by atoms with Gasteiger partial charge in [0.15, 0.2) is 0 Å². The SMILES string of the molecule is CC(=O)CCCCCCCCCCCCCCc1ccccn1. The third kappa shape index (κ3) is 13.0. The molecule has 0 N–H and O–H groups in total. The first-order chi connectivity index (χ1) is 11.3. The third-order valence-electron chi connectivity index (χ3n) is 4.44. The Morgan fingerprint density at radius 3 is 1.78 bits per heavy atom. The van der Waals surface area contributed by atoms with Crippen LogP contribution in [0.1, 0.15) is 96.1 Å². The van der Waals surface area contributed by atoms with E-state index in [0.717, 1.165) is 19.3 Å². The molecule has 0 aromatic carbocycles. The number of rotatable bonds is 15. The lowest BCUT2D eigenvalue weighted by Crippen LogP contribution is -1.89. The van der Waals surface area contributed by atoms with Gasteiger partial charge in [-0.15, -0.1) is 0 Å². The van der Waals surface area contributed by atoms with Crippen molar-refractivity contribution in [3.05, 3.63) is 30.1 Å². The number of nitrogens with zero attached hydrogens (tertiary/aromatic N) is 1. The molecule has 0 aliphatic rings. The molecule has 1 aromatic rings. The summed E-state index contributed by atoms with van der Waals surface area (Å²) in [5, 5.41) is 0. The summed E-state index contributed by atoms with van der Waals surface area (Å²) in [6, 6.07) is 6.18. The molecule has 23 heavy (non-hydrogen) atoms. The van der Waals surface area contributed by atoms with Crippen molar-refractivity contribution in [3.8, 4) is 0 Å². The first-order valence-corrected chi connectivity index (χ1v) is 9.68. The summed E-state index contributed by atoms with van der Waals surface area (Å²) in [5.41, 5.74) is 1.23. The molecule has 0 saturated heterocycles. The number of aromatic nitrogens is 1. The predicted molar refractivity (Wildman–Crippen MR) is 98.6 cm³/mol. The maximum atomic E-state index is 10.8. The normalized spacial score (nSPS) is 10.8. The predicted octanol–water partition coefficient (Wildman–Crippen LogP) is 6.28. The monoisotopic (exact) mass is 317 g/mol. The summed E-state index contributed by atoms with van der Waals surface area (Å²) < 4.78 is 0. The average molecular weight is 318 g/mol. The zero-order chi connectivity index (χ0) is 16.6. The molecule has 130 valence electrons. The molecule has 1 heterocycles.